The van der Waals surface area contributed by atoms with Crippen LogP contribution >= 0.6 is 23.8 Å². The predicted molar refractivity (Wildman–Crippen MR) is 96.7 cm³/mol. The Hall–Kier alpha value is -2.24. The zero-order valence-electron chi connectivity index (χ0n) is 12.5. The number of benzene rings is 2. The summed E-state index contributed by atoms with van der Waals surface area (Å²) in [5.74, 6) is 0.585. The van der Waals surface area contributed by atoms with E-state index >= 15 is 0 Å². The lowest BCUT2D eigenvalue weighted by atomic mass is 10.1. The van der Waals surface area contributed by atoms with Gasteiger partial charge in [0.05, 0.1) is 11.2 Å². The van der Waals surface area contributed by atoms with Crippen molar-refractivity contribution in [3.63, 3.8) is 0 Å². The minimum atomic E-state index is 0.418. The van der Waals surface area contributed by atoms with Gasteiger partial charge in [0.1, 0.15) is 0 Å². The maximum absolute atomic E-state index is 6.24. The van der Waals surface area contributed by atoms with E-state index in [0.29, 0.717) is 15.6 Å². The second kappa shape index (κ2) is 6.89. The molecule has 0 spiro atoms. The average Bonchev–Trinajstić information content (AvgIpc) is 2.94. The maximum atomic E-state index is 6.24. The van der Waals surface area contributed by atoms with Gasteiger partial charge in [-0.05, 0) is 41.9 Å². The number of hydrogen-bond acceptors (Lipinski definition) is 3. The van der Waals surface area contributed by atoms with Crippen molar-refractivity contribution < 1.29 is 0 Å². The standard InChI is InChI=1S/C17H15ClN4S/c1-2-12-7-9-13(10-8-12)11-19-22-16(20-21-17(22)23)14-5-3-4-6-15(14)18/h3-11H,2H2,1H3,(H,21,23)/b19-11-. The van der Waals surface area contributed by atoms with E-state index < -0.39 is 0 Å². The fraction of sp³-hybridized carbons (Fsp3) is 0.118. The van der Waals surface area contributed by atoms with Crippen molar-refractivity contribution in [2.24, 2.45) is 5.10 Å². The van der Waals surface area contributed by atoms with Crippen LogP contribution in [0, 0.1) is 4.77 Å². The molecule has 3 rings (SSSR count). The van der Waals surface area contributed by atoms with E-state index in [-0.39, 0.29) is 0 Å². The molecular weight excluding hydrogens is 328 g/mol. The number of halogens is 1. The molecule has 116 valence electrons. The largest absolute Gasteiger partial charge is 0.250 e. The fourth-order valence-corrected chi connectivity index (χ4v) is 2.58. The highest BCUT2D eigenvalue weighted by atomic mass is 35.5. The van der Waals surface area contributed by atoms with Crippen LogP contribution in [0.1, 0.15) is 18.1 Å². The molecule has 1 aromatic heterocycles. The molecule has 0 amide bonds. The molecule has 4 nitrogen and oxygen atoms in total. The van der Waals surface area contributed by atoms with Crippen LogP contribution in [0.2, 0.25) is 5.02 Å². The van der Waals surface area contributed by atoms with E-state index in [0.717, 1.165) is 17.5 Å². The van der Waals surface area contributed by atoms with Crippen molar-refractivity contribution in [3.05, 3.63) is 69.5 Å². The quantitative estimate of drug-likeness (QED) is 0.551. The number of H-pyrrole nitrogens is 1. The second-order valence-electron chi connectivity index (χ2n) is 4.98. The first-order chi connectivity index (χ1) is 11.2. The molecular formula is C17H15ClN4S. The molecule has 0 aliphatic carbocycles. The first-order valence-electron chi connectivity index (χ1n) is 7.24. The van der Waals surface area contributed by atoms with E-state index in [9.17, 15) is 0 Å². The van der Waals surface area contributed by atoms with Crippen LogP contribution in [0.15, 0.2) is 53.6 Å². The summed E-state index contributed by atoms with van der Waals surface area (Å²) in [5.41, 5.74) is 3.06. The number of aromatic nitrogens is 3. The molecule has 0 radical (unpaired) electrons. The lowest BCUT2D eigenvalue weighted by Gasteiger charge is -2.03. The van der Waals surface area contributed by atoms with Crippen LogP contribution in [0.3, 0.4) is 0 Å². The SMILES string of the molecule is CCc1ccc(/C=N\n2c(-c3ccccc3Cl)n[nH]c2=S)cc1. The average molecular weight is 343 g/mol. The summed E-state index contributed by atoms with van der Waals surface area (Å²) in [5, 5.41) is 12.0. The van der Waals surface area contributed by atoms with E-state index in [1.165, 1.54) is 5.56 Å². The Morgan fingerprint density at radius 2 is 1.96 bits per heavy atom. The Morgan fingerprint density at radius 3 is 2.65 bits per heavy atom. The van der Waals surface area contributed by atoms with Gasteiger partial charge in [-0.2, -0.15) is 14.9 Å². The second-order valence-corrected chi connectivity index (χ2v) is 5.78. The summed E-state index contributed by atoms with van der Waals surface area (Å²) >= 11 is 11.5. The first-order valence-corrected chi connectivity index (χ1v) is 8.03. The highest BCUT2D eigenvalue weighted by molar-refractivity contribution is 7.71. The topological polar surface area (TPSA) is 46.0 Å². The zero-order chi connectivity index (χ0) is 16.2. The summed E-state index contributed by atoms with van der Waals surface area (Å²) in [6.45, 7) is 2.13. The monoisotopic (exact) mass is 342 g/mol. The summed E-state index contributed by atoms with van der Waals surface area (Å²) in [6, 6.07) is 15.7. The van der Waals surface area contributed by atoms with Crippen LogP contribution in [0.4, 0.5) is 0 Å². The number of rotatable bonds is 4. The third kappa shape index (κ3) is 3.41. The molecule has 23 heavy (non-hydrogen) atoms. The van der Waals surface area contributed by atoms with E-state index in [2.05, 4.69) is 34.4 Å². The number of aryl methyl sites for hydroxylation is 1. The van der Waals surface area contributed by atoms with E-state index in [1.807, 2.05) is 36.4 Å². The Balaban J connectivity index is 1.97. The first kappa shape index (κ1) is 15.6. The number of hydrogen-bond donors (Lipinski definition) is 1. The van der Waals surface area contributed by atoms with Gasteiger partial charge < -0.3 is 0 Å². The van der Waals surface area contributed by atoms with Crippen molar-refractivity contribution in [2.75, 3.05) is 0 Å². The minimum absolute atomic E-state index is 0.418. The van der Waals surface area contributed by atoms with Gasteiger partial charge in [0, 0.05) is 5.56 Å². The van der Waals surface area contributed by atoms with E-state index in [4.69, 9.17) is 23.8 Å². The highest BCUT2D eigenvalue weighted by Crippen LogP contribution is 2.25. The number of aromatic amines is 1. The fourth-order valence-electron chi connectivity index (χ4n) is 2.18. The van der Waals surface area contributed by atoms with Gasteiger partial charge in [0.2, 0.25) is 4.77 Å². The normalized spacial score (nSPS) is 11.2. The Morgan fingerprint density at radius 1 is 1.22 bits per heavy atom. The zero-order valence-corrected chi connectivity index (χ0v) is 14.1. The molecule has 1 N–H and O–H groups in total. The van der Waals surface area contributed by atoms with Gasteiger partial charge in [-0.25, -0.2) is 5.10 Å². The molecule has 0 bridgehead atoms. The molecule has 0 saturated carbocycles. The van der Waals surface area contributed by atoms with Gasteiger partial charge in [0.25, 0.3) is 0 Å². The maximum Gasteiger partial charge on any atom is 0.216 e. The number of nitrogens with one attached hydrogen (secondary N) is 1. The van der Waals surface area contributed by atoms with Crippen molar-refractivity contribution in [1.82, 2.24) is 14.9 Å². The van der Waals surface area contributed by atoms with Gasteiger partial charge in [-0.15, -0.1) is 0 Å². The molecule has 6 heteroatoms. The van der Waals surface area contributed by atoms with Crippen LogP contribution in [-0.2, 0) is 6.42 Å². The van der Waals surface area contributed by atoms with Crippen LogP contribution in [0.5, 0.6) is 0 Å². The smallest absolute Gasteiger partial charge is 0.216 e. The summed E-state index contributed by atoms with van der Waals surface area (Å²) in [4.78, 5) is 0. The molecule has 0 aliphatic heterocycles. The third-order valence-corrected chi connectivity index (χ3v) is 4.07. The molecule has 2 aromatic carbocycles. The predicted octanol–water partition coefficient (Wildman–Crippen LogP) is 4.71. The molecule has 0 unspecified atom stereocenters. The lowest BCUT2D eigenvalue weighted by Crippen LogP contribution is -1.95. The van der Waals surface area contributed by atoms with Crippen LogP contribution in [-0.4, -0.2) is 21.1 Å². The van der Waals surface area contributed by atoms with Gasteiger partial charge >= 0.3 is 0 Å². The van der Waals surface area contributed by atoms with Crippen molar-refractivity contribution in [1.29, 1.82) is 0 Å². The van der Waals surface area contributed by atoms with Gasteiger partial charge in [0.15, 0.2) is 5.82 Å². The molecule has 3 aromatic rings. The molecule has 0 fully saturated rings. The third-order valence-electron chi connectivity index (χ3n) is 3.48. The van der Waals surface area contributed by atoms with Gasteiger partial charge in [-0.3, -0.25) is 0 Å². The molecule has 1 heterocycles. The summed E-state index contributed by atoms with van der Waals surface area (Å²) in [6.07, 6.45) is 2.77. The van der Waals surface area contributed by atoms with E-state index in [1.54, 1.807) is 10.9 Å². The van der Waals surface area contributed by atoms with Gasteiger partial charge in [-0.1, -0.05) is 54.9 Å². The van der Waals surface area contributed by atoms with Crippen molar-refractivity contribution >= 4 is 30.0 Å². The molecule has 0 aliphatic rings. The Bertz CT molecular complexity index is 893. The minimum Gasteiger partial charge on any atom is -0.250 e. The highest BCUT2D eigenvalue weighted by Gasteiger charge is 2.11. The Kier molecular flexibility index (Phi) is 4.69. The summed E-state index contributed by atoms with van der Waals surface area (Å²) in [7, 11) is 0. The van der Waals surface area contributed by atoms with Crippen molar-refractivity contribution in [2.45, 2.75) is 13.3 Å². The molecule has 0 saturated heterocycles. The number of nitrogens with zero attached hydrogens (tertiary/aromatic N) is 3. The Labute approximate surface area is 144 Å². The summed E-state index contributed by atoms with van der Waals surface area (Å²) < 4.78 is 1.99. The lowest BCUT2D eigenvalue weighted by molar-refractivity contribution is 0.871. The van der Waals surface area contributed by atoms with Crippen LogP contribution < -0.4 is 0 Å². The molecule has 0 atom stereocenters. The van der Waals surface area contributed by atoms with Crippen molar-refractivity contribution in [3.8, 4) is 11.4 Å². The van der Waals surface area contributed by atoms with Crippen LogP contribution in [0.25, 0.3) is 11.4 Å².